The number of ether oxygens (including phenoxy) is 2. The summed E-state index contributed by atoms with van der Waals surface area (Å²) in [6, 6.07) is 11.8. The molecule has 0 aromatic heterocycles. The van der Waals surface area contributed by atoms with E-state index in [1.165, 1.54) is 12.1 Å². The number of piperazine rings is 1. The maximum absolute atomic E-state index is 13.5. The van der Waals surface area contributed by atoms with Gasteiger partial charge in [-0.3, -0.25) is 9.80 Å². The van der Waals surface area contributed by atoms with Crippen LogP contribution in [-0.4, -0.2) is 67.5 Å². The molecule has 0 bridgehead atoms. The second kappa shape index (κ2) is 10.1. The van der Waals surface area contributed by atoms with Crippen molar-refractivity contribution in [3.63, 3.8) is 0 Å². The number of para-hydroxylation sites is 1. The molecule has 0 saturated carbocycles. The Kier molecular flexibility index (Phi) is 7.50. The van der Waals surface area contributed by atoms with Gasteiger partial charge in [0.15, 0.2) is 0 Å². The highest BCUT2D eigenvalue weighted by atomic mass is 35.5. The summed E-state index contributed by atoms with van der Waals surface area (Å²) in [5.74, 6) is 1.03. The number of nitrogens with zero attached hydrogens (tertiary/aromatic N) is 2. The van der Waals surface area contributed by atoms with E-state index in [0.717, 1.165) is 31.7 Å². The van der Waals surface area contributed by atoms with Crippen molar-refractivity contribution in [3.8, 4) is 11.5 Å². The van der Waals surface area contributed by atoms with E-state index in [4.69, 9.17) is 21.1 Å². The summed E-state index contributed by atoms with van der Waals surface area (Å²) in [7, 11) is 1.60. The predicted octanol–water partition coefficient (Wildman–Crippen LogP) is 3.05. The first-order valence-corrected chi connectivity index (χ1v) is 9.75. The number of benzene rings is 2. The minimum absolute atomic E-state index is 0.199. The van der Waals surface area contributed by atoms with E-state index in [1.54, 1.807) is 25.3 Å². The molecule has 152 valence electrons. The van der Waals surface area contributed by atoms with E-state index in [1.807, 2.05) is 12.1 Å². The van der Waals surface area contributed by atoms with Gasteiger partial charge >= 0.3 is 0 Å². The van der Waals surface area contributed by atoms with Gasteiger partial charge in [-0.1, -0.05) is 23.7 Å². The quantitative estimate of drug-likeness (QED) is 0.727. The van der Waals surface area contributed by atoms with Crippen molar-refractivity contribution >= 4 is 11.6 Å². The fourth-order valence-corrected chi connectivity index (χ4v) is 3.53. The smallest absolute Gasteiger partial charge is 0.138 e. The maximum Gasteiger partial charge on any atom is 0.138 e. The molecule has 1 fully saturated rings. The number of methoxy groups -OCH3 is 1. The van der Waals surface area contributed by atoms with Gasteiger partial charge in [-0.15, -0.1) is 0 Å². The van der Waals surface area contributed by atoms with Crippen molar-refractivity contribution < 1.29 is 19.0 Å². The molecule has 28 heavy (non-hydrogen) atoms. The van der Waals surface area contributed by atoms with Crippen molar-refractivity contribution in [1.29, 1.82) is 0 Å². The minimum atomic E-state index is -0.592. The second-order valence-corrected chi connectivity index (χ2v) is 7.34. The zero-order valence-corrected chi connectivity index (χ0v) is 16.7. The van der Waals surface area contributed by atoms with Crippen LogP contribution in [0.1, 0.15) is 5.56 Å². The van der Waals surface area contributed by atoms with Gasteiger partial charge in [0.25, 0.3) is 0 Å². The molecule has 5 nitrogen and oxygen atoms in total. The molecule has 0 amide bonds. The Hall–Kier alpha value is -1.86. The Morgan fingerprint density at radius 3 is 2.50 bits per heavy atom. The lowest BCUT2D eigenvalue weighted by Gasteiger charge is -2.35. The van der Waals surface area contributed by atoms with Gasteiger partial charge in [0.1, 0.15) is 30.0 Å². The highest BCUT2D eigenvalue weighted by Gasteiger charge is 2.21. The van der Waals surface area contributed by atoms with Gasteiger partial charge in [0.05, 0.1) is 12.1 Å². The summed E-state index contributed by atoms with van der Waals surface area (Å²) in [6.07, 6.45) is -0.592. The number of hydrogen-bond acceptors (Lipinski definition) is 5. The fraction of sp³-hybridized carbons (Fsp3) is 0.429. The third-order valence-corrected chi connectivity index (χ3v) is 5.15. The van der Waals surface area contributed by atoms with Crippen LogP contribution >= 0.6 is 11.6 Å². The third-order valence-electron chi connectivity index (χ3n) is 4.84. The molecule has 1 saturated heterocycles. The molecule has 2 aromatic rings. The zero-order chi connectivity index (χ0) is 19.9. The van der Waals surface area contributed by atoms with Crippen LogP contribution in [0, 0.1) is 5.82 Å². The Balaban J connectivity index is 1.43. The largest absolute Gasteiger partial charge is 0.496 e. The molecule has 1 aliphatic heterocycles. The molecule has 1 atom stereocenters. The summed E-state index contributed by atoms with van der Waals surface area (Å²) >= 11 is 6.06. The van der Waals surface area contributed by atoms with Crippen LogP contribution in [0.25, 0.3) is 0 Å². The summed E-state index contributed by atoms with van der Waals surface area (Å²) in [5, 5.41) is 10.8. The average Bonchev–Trinajstić information content (AvgIpc) is 2.69. The van der Waals surface area contributed by atoms with E-state index >= 15 is 0 Å². The predicted molar refractivity (Wildman–Crippen MR) is 108 cm³/mol. The molecule has 1 N–H and O–H groups in total. The van der Waals surface area contributed by atoms with Gasteiger partial charge in [0, 0.05) is 44.8 Å². The maximum atomic E-state index is 13.5. The number of rotatable bonds is 8. The van der Waals surface area contributed by atoms with E-state index in [9.17, 15) is 9.50 Å². The Morgan fingerprint density at radius 2 is 1.79 bits per heavy atom. The molecule has 1 unspecified atom stereocenters. The number of halogens is 2. The van der Waals surface area contributed by atoms with Crippen LogP contribution in [0.5, 0.6) is 11.5 Å². The molecule has 7 heteroatoms. The van der Waals surface area contributed by atoms with Crippen LogP contribution < -0.4 is 9.47 Å². The normalized spacial score (nSPS) is 16.7. The molecule has 0 radical (unpaired) electrons. The van der Waals surface area contributed by atoms with Crippen molar-refractivity contribution in [2.24, 2.45) is 0 Å². The lowest BCUT2D eigenvalue weighted by atomic mass is 10.1. The zero-order valence-electron chi connectivity index (χ0n) is 16.0. The van der Waals surface area contributed by atoms with E-state index < -0.39 is 6.10 Å². The molecule has 1 heterocycles. The highest BCUT2D eigenvalue weighted by Crippen LogP contribution is 2.23. The average molecular weight is 409 g/mol. The molecule has 0 aliphatic carbocycles. The van der Waals surface area contributed by atoms with Crippen molar-refractivity contribution in [2.75, 3.05) is 46.4 Å². The van der Waals surface area contributed by atoms with Crippen molar-refractivity contribution in [2.45, 2.75) is 12.6 Å². The summed E-state index contributed by atoms with van der Waals surface area (Å²) in [6.45, 7) is 4.75. The first kappa shape index (κ1) is 20.9. The Morgan fingerprint density at radius 1 is 1.07 bits per heavy atom. The van der Waals surface area contributed by atoms with Crippen LogP contribution in [0.15, 0.2) is 42.5 Å². The number of aliphatic hydroxyl groups is 1. The first-order valence-electron chi connectivity index (χ1n) is 9.37. The van der Waals surface area contributed by atoms with Crippen molar-refractivity contribution in [1.82, 2.24) is 9.80 Å². The van der Waals surface area contributed by atoms with Crippen LogP contribution in [0.2, 0.25) is 5.02 Å². The molecule has 0 spiro atoms. The summed E-state index contributed by atoms with van der Waals surface area (Å²) < 4.78 is 24.5. The minimum Gasteiger partial charge on any atom is -0.496 e. The molecule has 3 rings (SSSR count). The number of hydrogen-bond donors (Lipinski definition) is 1. The molecular weight excluding hydrogens is 383 g/mol. The van der Waals surface area contributed by atoms with Gasteiger partial charge in [0.2, 0.25) is 0 Å². The van der Waals surface area contributed by atoms with Gasteiger partial charge in [-0.25, -0.2) is 4.39 Å². The topological polar surface area (TPSA) is 45.2 Å². The highest BCUT2D eigenvalue weighted by molar-refractivity contribution is 6.32. The van der Waals surface area contributed by atoms with Crippen LogP contribution in [0.3, 0.4) is 0 Å². The van der Waals surface area contributed by atoms with Gasteiger partial charge in [-0.05, 0) is 30.3 Å². The van der Waals surface area contributed by atoms with E-state index in [2.05, 4.69) is 9.80 Å². The standard InChI is InChI=1S/C21H26ClFN2O3/c1-27-20-7-6-17(23)12-16(20)13-24-8-10-25(11-9-24)14-18(26)15-28-21-5-3-2-4-19(21)22/h2-7,12,18,26H,8-11,13-15H2,1H3. The molecule has 1 aliphatic rings. The lowest BCUT2D eigenvalue weighted by molar-refractivity contribution is 0.0445. The Bertz CT molecular complexity index is 769. The van der Waals surface area contributed by atoms with Crippen LogP contribution in [-0.2, 0) is 6.54 Å². The number of β-amino-alcohol motifs (C(OH)–C–C–N with tert-alkyl or cyclic N) is 1. The lowest BCUT2D eigenvalue weighted by Crippen LogP contribution is -2.48. The number of aliphatic hydroxyl groups excluding tert-OH is 1. The fourth-order valence-electron chi connectivity index (χ4n) is 3.34. The van der Waals surface area contributed by atoms with Crippen molar-refractivity contribution in [3.05, 3.63) is 58.9 Å². The van der Waals surface area contributed by atoms with E-state index in [-0.39, 0.29) is 12.4 Å². The molecule has 2 aromatic carbocycles. The molecular formula is C21H26ClFN2O3. The van der Waals surface area contributed by atoms with Crippen LogP contribution in [0.4, 0.5) is 4.39 Å². The Labute approximate surface area is 170 Å². The summed E-state index contributed by atoms with van der Waals surface area (Å²) in [5.41, 5.74) is 0.851. The monoisotopic (exact) mass is 408 g/mol. The van der Waals surface area contributed by atoms with Gasteiger partial charge in [-0.2, -0.15) is 0 Å². The third kappa shape index (κ3) is 5.82. The SMILES string of the molecule is COc1ccc(F)cc1CN1CCN(CC(O)COc2ccccc2Cl)CC1. The second-order valence-electron chi connectivity index (χ2n) is 6.93. The summed E-state index contributed by atoms with van der Waals surface area (Å²) in [4.78, 5) is 4.47. The van der Waals surface area contributed by atoms with E-state index in [0.29, 0.717) is 29.6 Å². The van der Waals surface area contributed by atoms with Gasteiger partial charge < -0.3 is 14.6 Å². The first-order chi connectivity index (χ1) is 13.5.